The lowest BCUT2D eigenvalue weighted by Crippen LogP contribution is -2.26. The first-order valence-corrected chi connectivity index (χ1v) is 11.1. The average molecular weight is 514 g/mol. The smallest absolute Gasteiger partial charge is 0.254 e. The van der Waals surface area contributed by atoms with Crippen molar-refractivity contribution < 1.29 is 22.8 Å². The van der Waals surface area contributed by atoms with Gasteiger partial charge in [-0.3, -0.25) is 9.59 Å². The van der Waals surface area contributed by atoms with Gasteiger partial charge in [0.15, 0.2) is 0 Å². The van der Waals surface area contributed by atoms with Crippen molar-refractivity contribution >= 4 is 45.0 Å². The number of benzene rings is 2. The standard InChI is InChI=1S/C22H17BrClF3N2O2/c23-10-6-13-18(19(29-21(13)31)12-8-11(25)2-4-16(12)24)17(7-10)28-20(30)9-1-3-14-15(5-9)22(14,26)27/h2,4,6-9,14-15,19H,1,3,5H2,(H,28,30)(H,29,31). The molecular weight excluding hydrogens is 497 g/mol. The van der Waals surface area contributed by atoms with Gasteiger partial charge in [-0.2, -0.15) is 0 Å². The minimum atomic E-state index is -2.67. The van der Waals surface area contributed by atoms with Gasteiger partial charge in [0.25, 0.3) is 11.8 Å². The predicted octanol–water partition coefficient (Wildman–Crippen LogP) is 5.69. The van der Waals surface area contributed by atoms with E-state index in [1.54, 1.807) is 12.1 Å². The summed E-state index contributed by atoms with van der Waals surface area (Å²) >= 11 is 9.61. The topological polar surface area (TPSA) is 58.2 Å². The number of amides is 2. The van der Waals surface area contributed by atoms with E-state index in [-0.39, 0.29) is 23.3 Å². The first-order valence-electron chi connectivity index (χ1n) is 9.94. The molecule has 2 amide bonds. The zero-order chi connectivity index (χ0) is 22.1. The molecule has 0 bridgehead atoms. The lowest BCUT2D eigenvalue weighted by Gasteiger charge is -2.22. The van der Waals surface area contributed by atoms with Crippen LogP contribution in [0.25, 0.3) is 0 Å². The monoisotopic (exact) mass is 512 g/mol. The molecular formula is C22H17BrClF3N2O2. The molecule has 2 aromatic carbocycles. The first-order chi connectivity index (χ1) is 14.7. The van der Waals surface area contributed by atoms with Crippen molar-refractivity contribution in [2.45, 2.75) is 31.2 Å². The van der Waals surface area contributed by atoms with Gasteiger partial charge in [-0.1, -0.05) is 27.5 Å². The summed E-state index contributed by atoms with van der Waals surface area (Å²) in [7, 11) is 0. The van der Waals surface area contributed by atoms with E-state index in [9.17, 15) is 22.8 Å². The van der Waals surface area contributed by atoms with Crippen LogP contribution in [0.2, 0.25) is 5.02 Å². The van der Waals surface area contributed by atoms with Gasteiger partial charge in [-0.25, -0.2) is 13.2 Å². The zero-order valence-electron chi connectivity index (χ0n) is 16.0. The van der Waals surface area contributed by atoms with Crippen LogP contribution in [0, 0.1) is 23.6 Å². The maximum atomic E-state index is 13.9. The third-order valence-electron chi connectivity index (χ3n) is 6.58. The van der Waals surface area contributed by atoms with Crippen molar-refractivity contribution in [3.05, 3.63) is 62.3 Å². The molecule has 0 radical (unpaired) electrons. The van der Waals surface area contributed by atoms with Gasteiger partial charge < -0.3 is 10.6 Å². The van der Waals surface area contributed by atoms with Crippen molar-refractivity contribution in [2.24, 2.45) is 17.8 Å². The summed E-state index contributed by atoms with van der Waals surface area (Å²) in [5.41, 5.74) is 1.53. The van der Waals surface area contributed by atoms with Crippen molar-refractivity contribution in [1.82, 2.24) is 5.32 Å². The molecule has 0 spiro atoms. The Labute approximate surface area is 189 Å². The van der Waals surface area contributed by atoms with Gasteiger partial charge in [0.05, 0.1) is 6.04 Å². The van der Waals surface area contributed by atoms with Crippen molar-refractivity contribution in [1.29, 1.82) is 0 Å². The van der Waals surface area contributed by atoms with E-state index in [4.69, 9.17) is 11.6 Å². The Morgan fingerprint density at radius 3 is 2.71 bits per heavy atom. The molecule has 0 aromatic heterocycles. The second kappa shape index (κ2) is 7.24. The Kier molecular flexibility index (Phi) is 4.86. The van der Waals surface area contributed by atoms with E-state index in [1.165, 1.54) is 18.2 Å². The molecule has 2 aromatic rings. The molecule has 5 rings (SSSR count). The van der Waals surface area contributed by atoms with Gasteiger partial charge in [-0.05, 0) is 49.6 Å². The fourth-order valence-corrected chi connectivity index (χ4v) is 5.61. The molecule has 31 heavy (non-hydrogen) atoms. The third-order valence-corrected chi connectivity index (χ3v) is 7.38. The molecule has 4 nitrogen and oxygen atoms in total. The van der Waals surface area contributed by atoms with E-state index in [0.29, 0.717) is 39.7 Å². The highest BCUT2D eigenvalue weighted by Crippen LogP contribution is 2.63. The SMILES string of the molecule is O=C1NC(c2cc(F)ccc2Cl)c2c(NC(=O)C3CCC4C(C3)C4(F)F)cc(Br)cc21. The maximum absolute atomic E-state index is 13.9. The van der Waals surface area contributed by atoms with Gasteiger partial charge in [-0.15, -0.1) is 0 Å². The van der Waals surface area contributed by atoms with Crippen LogP contribution in [0.5, 0.6) is 0 Å². The lowest BCUT2D eigenvalue weighted by molar-refractivity contribution is -0.120. The second-order valence-corrected chi connectivity index (χ2v) is 9.70. The number of hydrogen-bond acceptors (Lipinski definition) is 2. The molecule has 2 fully saturated rings. The van der Waals surface area contributed by atoms with Crippen LogP contribution in [-0.4, -0.2) is 17.7 Å². The van der Waals surface area contributed by atoms with Crippen LogP contribution in [0.1, 0.15) is 46.8 Å². The highest BCUT2D eigenvalue weighted by molar-refractivity contribution is 9.10. The number of rotatable bonds is 3. The fourth-order valence-electron chi connectivity index (χ4n) is 4.92. The van der Waals surface area contributed by atoms with Gasteiger partial charge in [0.2, 0.25) is 5.91 Å². The molecule has 1 heterocycles. The van der Waals surface area contributed by atoms with Crippen molar-refractivity contribution in [2.75, 3.05) is 5.32 Å². The quantitative estimate of drug-likeness (QED) is 0.554. The second-order valence-electron chi connectivity index (χ2n) is 8.37. The summed E-state index contributed by atoms with van der Waals surface area (Å²) in [5.74, 6) is -5.76. The molecule has 4 unspecified atom stereocenters. The molecule has 0 saturated heterocycles. The van der Waals surface area contributed by atoms with E-state index in [2.05, 4.69) is 26.6 Å². The molecule has 2 N–H and O–H groups in total. The third kappa shape index (κ3) is 3.44. The molecule has 2 saturated carbocycles. The summed E-state index contributed by atoms with van der Waals surface area (Å²) in [6.07, 6.45) is 0.874. The Hall–Kier alpha value is -2.06. The number of hydrogen-bond donors (Lipinski definition) is 2. The number of anilines is 1. The summed E-state index contributed by atoms with van der Waals surface area (Å²) in [5, 5.41) is 5.89. The lowest BCUT2D eigenvalue weighted by atomic mass is 9.88. The largest absolute Gasteiger partial charge is 0.341 e. The van der Waals surface area contributed by atoms with E-state index < -0.39 is 35.5 Å². The number of nitrogens with one attached hydrogen (secondary N) is 2. The number of carbonyl (C=O) groups is 2. The predicted molar refractivity (Wildman–Crippen MR) is 113 cm³/mol. The van der Waals surface area contributed by atoms with E-state index in [0.717, 1.165) is 0 Å². The van der Waals surface area contributed by atoms with Crippen LogP contribution in [0.4, 0.5) is 18.9 Å². The van der Waals surface area contributed by atoms with E-state index >= 15 is 0 Å². The van der Waals surface area contributed by atoms with Gasteiger partial charge >= 0.3 is 0 Å². The molecule has 2 aliphatic carbocycles. The number of alkyl halides is 2. The number of carbonyl (C=O) groups excluding carboxylic acids is 2. The summed E-state index contributed by atoms with van der Waals surface area (Å²) < 4.78 is 41.9. The van der Waals surface area contributed by atoms with Crippen molar-refractivity contribution in [3.8, 4) is 0 Å². The zero-order valence-corrected chi connectivity index (χ0v) is 18.4. The fraction of sp³-hybridized carbons (Fsp3) is 0.364. The van der Waals surface area contributed by atoms with Crippen LogP contribution < -0.4 is 10.6 Å². The molecule has 162 valence electrons. The maximum Gasteiger partial charge on any atom is 0.254 e. The first kappa shape index (κ1) is 20.8. The minimum absolute atomic E-state index is 0.149. The number of fused-ring (bicyclic) bond motifs is 2. The Morgan fingerprint density at radius 2 is 1.97 bits per heavy atom. The van der Waals surface area contributed by atoms with Crippen LogP contribution in [-0.2, 0) is 4.79 Å². The Bertz CT molecular complexity index is 1130. The average Bonchev–Trinajstić information content (AvgIpc) is 3.10. The molecule has 9 heteroatoms. The highest BCUT2D eigenvalue weighted by atomic mass is 79.9. The molecule has 4 atom stereocenters. The van der Waals surface area contributed by atoms with Crippen LogP contribution >= 0.6 is 27.5 Å². The Balaban J connectivity index is 1.48. The normalized spacial score (nSPS) is 27.8. The van der Waals surface area contributed by atoms with Crippen LogP contribution in [0.15, 0.2) is 34.8 Å². The summed E-state index contributed by atoms with van der Waals surface area (Å²) in [6.45, 7) is 0. The minimum Gasteiger partial charge on any atom is -0.341 e. The summed E-state index contributed by atoms with van der Waals surface area (Å²) in [4.78, 5) is 25.5. The molecule has 1 aliphatic heterocycles. The van der Waals surface area contributed by atoms with E-state index in [1.807, 2.05) is 0 Å². The number of halogens is 5. The van der Waals surface area contributed by atoms with Gasteiger partial charge in [0, 0.05) is 49.6 Å². The summed E-state index contributed by atoms with van der Waals surface area (Å²) in [6, 6.07) is 6.38. The highest BCUT2D eigenvalue weighted by Gasteiger charge is 2.69. The van der Waals surface area contributed by atoms with Crippen molar-refractivity contribution in [3.63, 3.8) is 0 Å². The Morgan fingerprint density at radius 1 is 1.19 bits per heavy atom. The molecule has 3 aliphatic rings. The van der Waals surface area contributed by atoms with Crippen LogP contribution in [0.3, 0.4) is 0 Å². The van der Waals surface area contributed by atoms with Gasteiger partial charge in [0.1, 0.15) is 5.82 Å².